The number of benzene rings is 1. The van der Waals surface area contributed by atoms with E-state index in [2.05, 4.69) is 63.3 Å². The van der Waals surface area contributed by atoms with Gasteiger partial charge in [-0.3, -0.25) is 4.79 Å². The molecule has 184 valence electrons. The Hall–Kier alpha value is -3.13. The van der Waals surface area contributed by atoms with Crippen LogP contribution in [-0.4, -0.2) is 90.4 Å². The maximum Gasteiger partial charge on any atom is 0.228 e. The third kappa shape index (κ3) is 4.35. The lowest BCUT2D eigenvalue weighted by Crippen LogP contribution is -2.49. The molecular weight excluding hydrogens is 443 g/mol. The summed E-state index contributed by atoms with van der Waals surface area (Å²) >= 11 is 0. The highest BCUT2D eigenvalue weighted by atomic mass is 19.1. The molecule has 3 aromatic rings. The molecule has 2 aliphatic heterocycles. The summed E-state index contributed by atoms with van der Waals surface area (Å²) in [7, 11) is 0. The van der Waals surface area contributed by atoms with Crippen LogP contribution in [0.2, 0.25) is 0 Å². The van der Waals surface area contributed by atoms with Crippen LogP contribution >= 0.6 is 0 Å². The average Bonchev–Trinajstić information content (AvgIpc) is 3.48. The number of alkyl halides is 1. The maximum atomic E-state index is 13.3. The predicted molar refractivity (Wildman–Crippen MR) is 137 cm³/mol. The van der Waals surface area contributed by atoms with Gasteiger partial charge in [0.15, 0.2) is 0 Å². The van der Waals surface area contributed by atoms with Gasteiger partial charge in [-0.25, -0.2) is 8.91 Å². The van der Waals surface area contributed by atoms with Crippen molar-refractivity contribution in [3.8, 4) is 11.1 Å². The highest BCUT2D eigenvalue weighted by Gasteiger charge is 2.46. The summed E-state index contributed by atoms with van der Waals surface area (Å²) in [5, 5.41) is 4.54. The SMILES string of the molecule is CCN1CCN(c2ccc(-c3cc4c(N5CCN(C(=O)[C@H]6CC6F)CC5)ccnn4c3)cc2)CC1. The molecule has 0 N–H and O–H groups in total. The summed E-state index contributed by atoms with van der Waals surface area (Å²) in [5.41, 5.74) is 5.79. The van der Waals surface area contributed by atoms with Crippen molar-refractivity contribution >= 4 is 22.8 Å². The Morgan fingerprint density at radius 2 is 1.63 bits per heavy atom. The first-order valence-electron chi connectivity index (χ1n) is 12.8. The molecule has 1 aromatic carbocycles. The molecule has 7 nitrogen and oxygen atoms in total. The van der Waals surface area contributed by atoms with Crippen LogP contribution < -0.4 is 9.80 Å². The van der Waals surface area contributed by atoms with Gasteiger partial charge in [0.05, 0.1) is 17.1 Å². The molecule has 1 unspecified atom stereocenters. The average molecular weight is 477 g/mol. The van der Waals surface area contributed by atoms with Gasteiger partial charge in [-0.05, 0) is 42.8 Å². The lowest BCUT2D eigenvalue weighted by atomic mass is 10.1. The quantitative estimate of drug-likeness (QED) is 0.566. The minimum atomic E-state index is -0.931. The topological polar surface area (TPSA) is 47.3 Å². The zero-order valence-corrected chi connectivity index (χ0v) is 20.3. The molecule has 1 amide bonds. The van der Waals surface area contributed by atoms with Crippen molar-refractivity contribution in [2.24, 2.45) is 5.92 Å². The summed E-state index contributed by atoms with van der Waals surface area (Å²) in [5.74, 6) is -0.410. The Morgan fingerprint density at radius 3 is 2.29 bits per heavy atom. The minimum Gasteiger partial charge on any atom is -0.369 e. The molecule has 8 heteroatoms. The molecule has 3 aliphatic rings. The molecule has 35 heavy (non-hydrogen) atoms. The van der Waals surface area contributed by atoms with E-state index in [4.69, 9.17) is 0 Å². The van der Waals surface area contributed by atoms with Crippen molar-refractivity contribution in [3.63, 3.8) is 0 Å². The number of nitrogens with zero attached hydrogens (tertiary/aromatic N) is 6. The van der Waals surface area contributed by atoms with Gasteiger partial charge < -0.3 is 19.6 Å². The smallest absolute Gasteiger partial charge is 0.228 e. The zero-order valence-electron chi connectivity index (χ0n) is 20.3. The van der Waals surface area contributed by atoms with Gasteiger partial charge in [0, 0.05) is 76.0 Å². The molecular formula is C27H33FN6O. The first-order valence-corrected chi connectivity index (χ1v) is 12.8. The van der Waals surface area contributed by atoms with E-state index in [0.717, 1.165) is 62.6 Å². The van der Waals surface area contributed by atoms with Crippen LogP contribution in [0, 0.1) is 5.92 Å². The van der Waals surface area contributed by atoms with Crippen LogP contribution in [0.4, 0.5) is 15.8 Å². The fourth-order valence-corrected chi connectivity index (χ4v) is 5.43. The minimum absolute atomic E-state index is 0.0160. The Kier molecular flexibility index (Phi) is 5.84. The van der Waals surface area contributed by atoms with Crippen LogP contribution in [-0.2, 0) is 4.79 Å². The van der Waals surface area contributed by atoms with E-state index in [9.17, 15) is 9.18 Å². The van der Waals surface area contributed by atoms with Crippen molar-refractivity contribution < 1.29 is 9.18 Å². The summed E-state index contributed by atoms with van der Waals surface area (Å²) < 4.78 is 15.3. The molecule has 2 saturated heterocycles. The van der Waals surface area contributed by atoms with Gasteiger partial charge in [-0.15, -0.1) is 0 Å². The molecule has 0 bridgehead atoms. The number of carbonyl (C=O) groups is 1. The molecule has 6 rings (SSSR count). The number of amides is 1. The number of carbonyl (C=O) groups excluding carboxylic acids is 1. The molecule has 0 radical (unpaired) electrons. The third-order valence-corrected chi connectivity index (χ3v) is 7.83. The second-order valence-corrected chi connectivity index (χ2v) is 9.91. The van der Waals surface area contributed by atoms with Gasteiger partial charge in [0.25, 0.3) is 0 Å². The number of hydrogen-bond acceptors (Lipinski definition) is 5. The van der Waals surface area contributed by atoms with E-state index in [1.165, 1.54) is 11.3 Å². The van der Waals surface area contributed by atoms with Crippen molar-refractivity contribution in [2.45, 2.75) is 19.5 Å². The van der Waals surface area contributed by atoms with Crippen LogP contribution in [0.15, 0.2) is 48.8 Å². The number of aromatic nitrogens is 2. The number of rotatable bonds is 5. The van der Waals surface area contributed by atoms with Crippen LogP contribution in [0.5, 0.6) is 0 Å². The normalized spacial score (nSPS) is 23.2. The second-order valence-electron chi connectivity index (χ2n) is 9.91. The van der Waals surface area contributed by atoms with Gasteiger partial charge >= 0.3 is 0 Å². The Labute approximate surface area is 205 Å². The fraction of sp³-hybridized carbons (Fsp3) is 0.481. The van der Waals surface area contributed by atoms with E-state index in [1.54, 1.807) is 0 Å². The van der Waals surface area contributed by atoms with Crippen molar-refractivity contribution in [2.75, 3.05) is 68.7 Å². The Balaban J connectivity index is 1.16. The summed E-state index contributed by atoms with van der Waals surface area (Å²) in [6, 6.07) is 13.1. The summed E-state index contributed by atoms with van der Waals surface area (Å²) in [4.78, 5) is 21.5. The number of piperazine rings is 2. The van der Waals surface area contributed by atoms with Gasteiger partial charge in [0.2, 0.25) is 5.91 Å². The van der Waals surface area contributed by atoms with E-state index < -0.39 is 12.1 Å². The van der Waals surface area contributed by atoms with Crippen molar-refractivity contribution in [3.05, 3.63) is 48.8 Å². The molecule has 0 spiro atoms. The van der Waals surface area contributed by atoms with E-state index in [-0.39, 0.29) is 5.91 Å². The Bertz CT molecular complexity index is 1190. The van der Waals surface area contributed by atoms with E-state index in [0.29, 0.717) is 19.5 Å². The highest BCUT2D eigenvalue weighted by molar-refractivity contribution is 5.83. The van der Waals surface area contributed by atoms with Gasteiger partial charge in [0.1, 0.15) is 6.17 Å². The fourth-order valence-electron chi connectivity index (χ4n) is 5.43. The molecule has 1 saturated carbocycles. The number of anilines is 2. The number of hydrogen-bond donors (Lipinski definition) is 0. The molecule has 3 fully saturated rings. The van der Waals surface area contributed by atoms with Gasteiger partial charge in [-0.1, -0.05) is 19.1 Å². The first kappa shape index (κ1) is 22.3. The molecule has 4 heterocycles. The van der Waals surface area contributed by atoms with Crippen LogP contribution in [0.1, 0.15) is 13.3 Å². The predicted octanol–water partition coefficient (Wildman–Crippen LogP) is 3.15. The monoisotopic (exact) mass is 476 g/mol. The second kappa shape index (κ2) is 9.15. The lowest BCUT2D eigenvalue weighted by molar-refractivity contribution is -0.133. The van der Waals surface area contributed by atoms with Crippen LogP contribution in [0.25, 0.3) is 16.6 Å². The first-order chi connectivity index (χ1) is 17.1. The number of likely N-dealkylation sites (N-methyl/N-ethyl adjacent to an activating group) is 1. The molecule has 1 aliphatic carbocycles. The third-order valence-electron chi connectivity index (χ3n) is 7.83. The lowest BCUT2D eigenvalue weighted by Gasteiger charge is -2.36. The van der Waals surface area contributed by atoms with Crippen LogP contribution in [0.3, 0.4) is 0 Å². The summed E-state index contributed by atoms with van der Waals surface area (Å²) in [6.45, 7) is 10.5. The molecule has 2 atom stereocenters. The number of fused-ring (bicyclic) bond motifs is 1. The standard InChI is InChI=1S/C27H33FN6O/c1-2-30-9-11-31(12-10-30)22-5-3-20(4-6-22)21-17-26-25(7-8-29-34(26)19-21)32-13-15-33(16-14-32)27(35)23-18-24(23)28/h3-8,17,19,23-24H,2,9-16,18H2,1H3/t23-,24?/m0/s1. The largest absolute Gasteiger partial charge is 0.369 e. The highest BCUT2D eigenvalue weighted by Crippen LogP contribution is 2.36. The Morgan fingerprint density at radius 1 is 0.943 bits per heavy atom. The van der Waals surface area contributed by atoms with E-state index in [1.807, 2.05) is 21.7 Å². The summed E-state index contributed by atoms with van der Waals surface area (Å²) in [6.07, 6.45) is 3.38. The van der Waals surface area contributed by atoms with Crippen molar-refractivity contribution in [1.82, 2.24) is 19.4 Å². The zero-order chi connectivity index (χ0) is 23.9. The molecule has 2 aromatic heterocycles. The van der Waals surface area contributed by atoms with Gasteiger partial charge in [-0.2, -0.15) is 5.10 Å². The number of halogens is 1. The maximum absolute atomic E-state index is 13.3. The van der Waals surface area contributed by atoms with E-state index >= 15 is 0 Å². The van der Waals surface area contributed by atoms with Crippen molar-refractivity contribution in [1.29, 1.82) is 0 Å².